The predicted molar refractivity (Wildman–Crippen MR) is 89.6 cm³/mol. The molecule has 0 rings (SSSR count). The summed E-state index contributed by atoms with van der Waals surface area (Å²) < 4.78 is 7.36. The van der Waals surface area contributed by atoms with Gasteiger partial charge in [0.05, 0.1) is 0 Å². The summed E-state index contributed by atoms with van der Waals surface area (Å²) in [5.41, 5.74) is 0. The van der Waals surface area contributed by atoms with Crippen molar-refractivity contribution in [1.29, 1.82) is 0 Å². The van der Waals surface area contributed by atoms with E-state index in [-0.39, 0.29) is 0 Å². The Morgan fingerprint density at radius 2 is 1.65 bits per heavy atom. The van der Waals surface area contributed by atoms with Crippen LogP contribution in [0.25, 0.3) is 0 Å². The van der Waals surface area contributed by atoms with E-state index < -0.39 is 8.32 Å². The van der Waals surface area contributed by atoms with Crippen molar-refractivity contribution in [2.75, 3.05) is 11.0 Å². The summed E-state index contributed by atoms with van der Waals surface area (Å²) in [6.45, 7) is 12.5. The zero-order chi connectivity index (χ0) is 13.4. The Bertz CT molecular complexity index is 219. The predicted octanol–water partition coefficient (Wildman–Crippen LogP) is 5.56. The van der Waals surface area contributed by atoms with Crippen molar-refractivity contribution >= 4 is 30.9 Å². The van der Waals surface area contributed by atoms with Gasteiger partial charge in [-0.2, -0.15) is 0 Å². The number of hydrogen-bond donors (Lipinski definition) is 0. The van der Waals surface area contributed by atoms with Crippen molar-refractivity contribution in [2.45, 2.75) is 64.6 Å². The minimum absolute atomic E-state index is 0.340. The number of hydrogen-bond acceptors (Lipinski definition) is 1. The van der Waals surface area contributed by atoms with Crippen LogP contribution >= 0.6 is 22.6 Å². The maximum absolute atomic E-state index is 6.14. The molecule has 0 aliphatic rings. The maximum Gasteiger partial charge on any atom is 0.191 e. The maximum atomic E-state index is 6.14. The third kappa shape index (κ3) is 8.38. The highest BCUT2D eigenvalue weighted by atomic mass is 127. The van der Waals surface area contributed by atoms with Gasteiger partial charge in [-0.05, 0) is 43.8 Å². The Hall–Kier alpha value is 0.647. The van der Waals surface area contributed by atoms with E-state index in [1.807, 2.05) is 0 Å². The molecule has 0 aliphatic carbocycles. The fourth-order valence-corrected chi connectivity index (χ4v) is 2.65. The SMILES string of the molecule is CC(C)(C)[Si](C)(C)OCCCC/C=C\CCI. The molecule has 0 saturated carbocycles. The van der Waals surface area contributed by atoms with Crippen LogP contribution in [0.1, 0.15) is 46.5 Å². The van der Waals surface area contributed by atoms with Crippen molar-refractivity contribution < 1.29 is 4.43 Å². The second-order valence-corrected chi connectivity index (χ2v) is 11.9. The van der Waals surface area contributed by atoms with Gasteiger partial charge in [-0.3, -0.25) is 0 Å². The van der Waals surface area contributed by atoms with Crippen LogP contribution in [-0.4, -0.2) is 19.4 Å². The molecule has 0 atom stereocenters. The molecule has 0 unspecified atom stereocenters. The minimum atomic E-state index is -1.51. The summed E-state index contributed by atoms with van der Waals surface area (Å²) in [6, 6.07) is 0. The summed E-state index contributed by atoms with van der Waals surface area (Å²) >= 11 is 2.41. The molecular weight excluding hydrogens is 339 g/mol. The summed E-state index contributed by atoms with van der Waals surface area (Å²) in [4.78, 5) is 0. The van der Waals surface area contributed by atoms with Crippen LogP contribution in [0.3, 0.4) is 0 Å². The Morgan fingerprint density at radius 1 is 1.06 bits per heavy atom. The normalized spacial score (nSPS) is 13.5. The van der Waals surface area contributed by atoms with E-state index >= 15 is 0 Å². The molecule has 0 saturated heterocycles. The molecule has 17 heavy (non-hydrogen) atoms. The second kappa shape index (κ2) is 8.70. The number of halogens is 1. The lowest BCUT2D eigenvalue weighted by Crippen LogP contribution is -2.40. The van der Waals surface area contributed by atoms with E-state index in [0.717, 1.165) is 6.61 Å². The Morgan fingerprint density at radius 3 is 2.18 bits per heavy atom. The van der Waals surface area contributed by atoms with Gasteiger partial charge in [-0.1, -0.05) is 55.5 Å². The zero-order valence-electron chi connectivity index (χ0n) is 12.2. The van der Waals surface area contributed by atoms with E-state index in [4.69, 9.17) is 4.43 Å². The van der Waals surface area contributed by atoms with E-state index in [2.05, 4.69) is 68.6 Å². The lowest BCUT2D eigenvalue weighted by molar-refractivity contribution is 0.279. The number of alkyl halides is 1. The monoisotopic (exact) mass is 368 g/mol. The lowest BCUT2D eigenvalue weighted by Gasteiger charge is -2.36. The molecule has 0 heterocycles. The number of allylic oxidation sites excluding steroid dienone is 2. The minimum Gasteiger partial charge on any atom is -0.417 e. The van der Waals surface area contributed by atoms with E-state index in [0.29, 0.717) is 5.04 Å². The number of unbranched alkanes of at least 4 members (excludes halogenated alkanes) is 2. The molecule has 0 aromatic rings. The number of rotatable bonds is 8. The third-order valence-electron chi connectivity index (χ3n) is 3.48. The molecular formula is C14H29IOSi. The van der Waals surface area contributed by atoms with Crippen LogP contribution < -0.4 is 0 Å². The van der Waals surface area contributed by atoms with Crippen LogP contribution in [0.15, 0.2) is 12.2 Å². The molecule has 102 valence electrons. The molecule has 0 aliphatic heterocycles. The highest BCUT2D eigenvalue weighted by Gasteiger charge is 2.36. The Kier molecular flexibility index (Phi) is 9.03. The average Bonchev–Trinajstić information content (AvgIpc) is 2.20. The standard InChI is InChI=1S/C14H29IOSi/c1-14(2,3)17(4,5)16-13-11-9-7-6-8-10-12-15/h6,8H,7,9-13H2,1-5H3/b8-6-. The molecule has 0 fully saturated rings. The van der Waals surface area contributed by atoms with Crippen LogP contribution in [0.4, 0.5) is 0 Å². The average molecular weight is 368 g/mol. The molecule has 0 amide bonds. The molecule has 0 bridgehead atoms. The summed E-state index contributed by atoms with van der Waals surface area (Å²) in [5.74, 6) is 0. The van der Waals surface area contributed by atoms with Crippen molar-refractivity contribution in [2.24, 2.45) is 0 Å². The first-order valence-electron chi connectivity index (χ1n) is 6.66. The van der Waals surface area contributed by atoms with Crippen molar-refractivity contribution in [3.05, 3.63) is 12.2 Å². The topological polar surface area (TPSA) is 9.23 Å². The fraction of sp³-hybridized carbons (Fsp3) is 0.857. The van der Waals surface area contributed by atoms with Gasteiger partial charge in [0.1, 0.15) is 0 Å². The smallest absolute Gasteiger partial charge is 0.191 e. The highest BCUT2D eigenvalue weighted by Crippen LogP contribution is 2.36. The first-order valence-corrected chi connectivity index (χ1v) is 11.1. The Labute approximate surface area is 123 Å². The molecule has 3 heteroatoms. The molecule has 0 radical (unpaired) electrons. The van der Waals surface area contributed by atoms with Crippen LogP contribution in [0.2, 0.25) is 18.1 Å². The van der Waals surface area contributed by atoms with Gasteiger partial charge in [-0.15, -0.1) is 0 Å². The molecule has 0 spiro atoms. The van der Waals surface area contributed by atoms with Gasteiger partial charge in [0.2, 0.25) is 0 Å². The van der Waals surface area contributed by atoms with Crippen LogP contribution in [-0.2, 0) is 4.43 Å². The van der Waals surface area contributed by atoms with Gasteiger partial charge >= 0.3 is 0 Å². The van der Waals surface area contributed by atoms with Crippen LogP contribution in [0.5, 0.6) is 0 Å². The second-order valence-electron chi connectivity index (χ2n) is 6.05. The zero-order valence-corrected chi connectivity index (χ0v) is 15.3. The first-order chi connectivity index (χ1) is 7.81. The summed E-state index contributed by atoms with van der Waals surface area (Å²) in [6.07, 6.45) is 9.47. The van der Waals surface area contributed by atoms with E-state index in [9.17, 15) is 0 Å². The van der Waals surface area contributed by atoms with Gasteiger partial charge in [0, 0.05) is 11.0 Å². The third-order valence-corrected chi connectivity index (χ3v) is 8.64. The first kappa shape index (κ1) is 17.6. The Balaban J connectivity index is 3.58. The van der Waals surface area contributed by atoms with Crippen molar-refractivity contribution in [3.8, 4) is 0 Å². The van der Waals surface area contributed by atoms with Crippen molar-refractivity contribution in [3.63, 3.8) is 0 Å². The van der Waals surface area contributed by atoms with Gasteiger partial charge in [0.25, 0.3) is 0 Å². The summed E-state index contributed by atoms with van der Waals surface area (Å²) in [5, 5.41) is 0.340. The molecule has 0 N–H and O–H groups in total. The lowest BCUT2D eigenvalue weighted by atomic mass is 10.2. The highest BCUT2D eigenvalue weighted by molar-refractivity contribution is 14.1. The molecule has 0 aromatic carbocycles. The van der Waals surface area contributed by atoms with Crippen LogP contribution in [0, 0.1) is 0 Å². The molecule has 0 aromatic heterocycles. The largest absolute Gasteiger partial charge is 0.417 e. The molecule has 1 nitrogen and oxygen atoms in total. The van der Waals surface area contributed by atoms with Crippen molar-refractivity contribution in [1.82, 2.24) is 0 Å². The summed E-state index contributed by atoms with van der Waals surface area (Å²) in [7, 11) is -1.51. The van der Waals surface area contributed by atoms with Gasteiger partial charge < -0.3 is 4.43 Å². The quantitative estimate of drug-likeness (QED) is 0.179. The van der Waals surface area contributed by atoms with E-state index in [1.165, 1.54) is 30.1 Å². The van der Waals surface area contributed by atoms with Gasteiger partial charge in [-0.25, -0.2) is 0 Å². The fourth-order valence-electron chi connectivity index (χ4n) is 1.21. The van der Waals surface area contributed by atoms with E-state index in [1.54, 1.807) is 0 Å². The van der Waals surface area contributed by atoms with Gasteiger partial charge in [0.15, 0.2) is 8.32 Å².